The standard InChI is InChI=1S/C8H12O2/c1-3-6-4-7(9)5(2)8(6)10/h6,10H,3-4H2,1-2H3. The van der Waals surface area contributed by atoms with E-state index in [1.54, 1.807) is 6.92 Å². The summed E-state index contributed by atoms with van der Waals surface area (Å²) in [7, 11) is 0. The van der Waals surface area contributed by atoms with E-state index < -0.39 is 0 Å². The molecule has 0 amide bonds. The van der Waals surface area contributed by atoms with Crippen molar-refractivity contribution in [1.82, 2.24) is 0 Å². The Kier molecular flexibility index (Phi) is 1.79. The van der Waals surface area contributed by atoms with E-state index in [0.29, 0.717) is 17.8 Å². The molecule has 0 radical (unpaired) electrons. The van der Waals surface area contributed by atoms with Gasteiger partial charge in [0.1, 0.15) is 5.76 Å². The topological polar surface area (TPSA) is 37.3 Å². The molecule has 1 N–H and O–H groups in total. The summed E-state index contributed by atoms with van der Waals surface area (Å²) in [6.45, 7) is 3.67. The zero-order chi connectivity index (χ0) is 7.72. The fourth-order valence-corrected chi connectivity index (χ4v) is 1.26. The molecule has 0 heterocycles. The summed E-state index contributed by atoms with van der Waals surface area (Å²) in [6, 6.07) is 0. The third-order valence-electron chi connectivity index (χ3n) is 2.11. The van der Waals surface area contributed by atoms with Crippen molar-refractivity contribution >= 4 is 5.78 Å². The van der Waals surface area contributed by atoms with E-state index in [9.17, 15) is 9.90 Å². The summed E-state index contributed by atoms with van der Waals surface area (Å²) in [5.41, 5.74) is 0.562. The predicted molar refractivity (Wildman–Crippen MR) is 38.7 cm³/mol. The minimum atomic E-state index is 0.101. The second kappa shape index (κ2) is 2.45. The molecule has 10 heavy (non-hydrogen) atoms. The molecule has 0 bridgehead atoms. The van der Waals surface area contributed by atoms with Gasteiger partial charge in [-0.25, -0.2) is 0 Å². The van der Waals surface area contributed by atoms with Crippen molar-refractivity contribution in [3.05, 3.63) is 11.3 Å². The zero-order valence-electron chi connectivity index (χ0n) is 6.35. The summed E-state index contributed by atoms with van der Waals surface area (Å²) in [4.78, 5) is 10.9. The highest BCUT2D eigenvalue weighted by atomic mass is 16.3. The first-order chi connectivity index (χ1) is 4.66. The van der Waals surface area contributed by atoms with Gasteiger partial charge >= 0.3 is 0 Å². The highest BCUT2D eigenvalue weighted by molar-refractivity contribution is 5.98. The van der Waals surface area contributed by atoms with Crippen molar-refractivity contribution in [3.63, 3.8) is 0 Å². The van der Waals surface area contributed by atoms with Gasteiger partial charge < -0.3 is 5.11 Å². The molecule has 1 atom stereocenters. The van der Waals surface area contributed by atoms with Crippen LogP contribution < -0.4 is 0 Å². The highest BCUT2D eigenvalue weighted by Crippen LogP contribution is 2.28. The van der Waals surface area contributed by atoms with E-state index in [4.69, 9.17) is 0 Å². The van der Waals surface area contributed by atoms with Gasteiger partial charge in [-0.3, -0.25) is 4.79 Å². The summed E-state index contributed by atoms with van der Waals surface area (Å²) >= 11 is 0. The van der Waals surface area contributed by atoms with Crippen molar-refractivity contribution in [2.24, 2.45) is 5.92 Å². The molecule has 2 nitrogen and oxygen atoms in total. The van der Waals surface area contributed by atoms with Gasteiger partial charge in [-0.1, -0.05) is 6.92 Å². The van der Waals surface area contributed by atoms with E-state index in [0.717, 1.165) is 6.42 Å². The van der Waals surface area contributed by atoms with Crippen LogP contribution in [0.15, 0.2) is 11.3 Å². The van der Waals surface area contributed by atoms with E-state index in [-0.39, 0.29) is 11.7 Å². The lowest BCUT2D eigenvalue weighted by Crippen LogP contribution is -1.97. The molecule has 2 heteroatoms. The summed E-state index contributed by atoms with van der Waals surface area (Å²) in [5.74, 6) is 0.518. The molecular formula is C8H12O2. The summed E-state index contributed by atoms with van der Waals surface area (Å²) < 4.78 is 0. The summed E-state index contributed by atoms with van der Waals surface area (Å²) in [5, 5.41) is 9.29. The molecule has 0 saturated carbocycles. The first-order valence-corrected chi connectivity index (χ1v) is 3.59. The molecule has 0 aromatic carbocycles. The third-order valence-corrected chi connectivity index (χ3v) is 2.11. The van der Waals surface area contributed by atoms with Gasteiger partial charge in [-0.15, -0.1) is 0 Å². The maximum absolute atomic E-state index is 10.9. The quantitative estimate of drug-likeness (QED) is 0.603. The van der Waals surface area contributed by atoms with Gasteiger partial charge in [-0.05, 0) is 13.3 Å². The molecule has 0 saturated heterocycles. The van der Waals surface area contributed by atoms with Crippen LogP contribution in [0.1, 0.15) is 26.7 Å². The van der Waals surface area contributed by atoms with Crippen LogP contribution >= 0.6 is 0 Å². The number of aliphatic hydroxyl groups is 1. The second-order valence-electron chi connectivity index (χ2n) is 2.74. The van der Waals surface area contributed by atoms with Gasteiger partial charge in [0.05, 0.1) is 0 Å². The normalized spacial score (nSPS) is 26.2. The van der Waals surface area contributed by atoms with E-state index in [2.05, 4.69) is 0 Å². The highest BCUT2D eigenvalue weighted by Gasteiger charge is 2.27. The zero-order valence-corrected chi connectivity index (χ0v) is 6.35. The van der Waals surface area contributed by atoms with Crippen LogP contribution in [0, 0.1) is 5.92 Å². The number of hydrogen-bond acceptors (Lipinski definition) is 2. The van der Waals surface area contributed by atoms with Gasteiger partial charge in [0.25, 0.3) is 0 Å². The molecule has 0 aliphatic heterocycles. The fourth-order valence-electron chi connectivity index (χ4n) is 1.26. The van der Waals surface area contributed by atoms with Crippen LogP contribution in [0.5, 0.6) is 0 Å². The molecule has 1 aliphatic rings. The fraction of sp³-hybridized carbons (Fsp3) is 0.625. The average Bonchev–Trinajstić information content (AvgIpc) is 2.17. The predicted octanol–water partition coefficient (Wildman–Crippen LogP) is 1.82. The Morgan fingerprint density at radius 3 is 2.50 bits per heavy atom. The van der Waals surface area contributed by atoms with Crippen LogP contribution in [-0.2, 0) is 4.79 Å². The Hall–Kier alpha value is -0.790. The van der Waals surface area contributed by atoms with Gasteiger partial charge in [0, 0.05) is 17.9 Å². The smallest absolute Gasteiger partial charge is 0.162 e. The molecule has 0 spiro atoms. The maximum atomic E-state index is 10.9. The van der Waals surface area contributed by atoms with Crippen LogP contribution in [0.3, 0.4) is 0 Å². The minimum Gasteiger partial charge on any atom is -0.512 e. The largest absolute Gasteiger partial charge is 0.512 e. The second-order valence-corrected chi connectivity index (χ2v) is 2.74. The number of rotatable bonds is 1. The van der Waals surface area contributed by atoms with Crippen LogP contribution in [0.4, 0.5) is 0 Å². The Morgan fingerprint density at radius 2 is 2.30 bits per heavy atom. The number of carbonyl (C=O) groups is 1. The van der Waals surface area contributed by atoms with E-state index in [1.807, 2.05) is 6.92 Å². The number of allylic oxidation sites excluding steroid dienone is 2. The number of Topliss-reactive ketones (excluding diaryl/α,β-unsaturated/α-hetero) is 1. The molecule has 1 unspecified atom stereocenters. The molecule has 0 aromatic heterocycles. The number of ketones is 1. The Bertz CT molecular complexity index is 191. The lowest BCUT2D eigenvalue weighted by atomic mass is 10.1. The molecule has 1 aliphatic carbocycles. The third kappa shape index (κ3) is 0.939. The first-order valence-electron chi connectivity index (χ1n) is 3.59. The average molecular weight is 140 g/mol. The lowest BCUT2D eigenvalue weighted by molar-refractivity contribution is -0.115. The van der Waals surface area contributed by atoms with E-state index >= 15 is 0 Å². The van der Waals surface area contributed by atoms with Crippen molar-refractivity contribution in [2.45, 2.75) is 26.7 Å². The van der Waals surface area contributed by atoms with Gasteiger partial charge in [0.15, 0.2) is 5.78 Å². The molecular weight excluding hydrogens is 128 g/mol. The van der Waals surface area contributed by atoms with E-state index in [1.165, 1.54) is 0 Å². The number of aliphatic hydroxyl groups excluding tert-OH is 1. The van der Waals surface area contributed by atoms with Crippen LogP contribution in [0.25, 0.3) is 0 Å². The van der Waals surface area contributed by atoms with Crippen molar-refractivity contribution in [1.29, 1.82) is 0 Å². The SMILES string of the molecule is CCC1CC(=O)C(C)=C1O. The van der Waals surface area contributed by atoms with Gasteiger partial charge in [-0.2, -0.15) is 0 Å². The Balaban J connectivity index is 2.83. The van der Waals surface area contributed by atoms with Crippen molar-refractivity contribution in [2.75, 3.05) is 0 Å². The monoisotopic (exact) mass is 140 g/mol. The Labute approximate surface area is 60.6 Å². The Morgan fingerprint density at radius 1 is 1.70 bits per heavy atom. The minimum absolute atomic E-state index is 0.101. The molecule has 0 aromatic rings. The van der Waals surface area contributed by atoms with Crippen molar-refractivity contribution < 1.29 is 9.90 Å². The van der Waals surface area contributed by atoms with Crippen molar-refractivity contribution in [3.8, 4) is 0 Å². The maximum Gasteiger partial charge on any atom is 0.162 e. The van der Waals surface area contributed by atoms with Crippen LogP contribution in [-0.4, -0.2) is 10.9 Å². The van der Waals surface area contributed by atoms with Gasteiger partial charge in [0.2, 0.25) is 0 Å². The molecule has 56 valence electrons. The number of hydrogen-bond donors (Lipinski definition) is 1. The summed E-state index contributed by atoms with van der Waals surface area (Å²) in [6.07, 6.45) is 1.36. The molecule has 1 rings (SSSR count). The first kappa shape index (κ1) is 7.32. The number of carbonyl (C=O) groups excluding carboxylic acids is 1. The lowest BCUT2D eigenvalue weighted by Gasteiger charge is -2.03. The molecule has 0 fully saturated rings. The van der Waals surface area contributed by atoms with Crippen LogP contribution in [0.2, 0.25) is 0 Å².